The maximum Gasteiger partial charge on any atom is 0.170 e. The molecule has 0 aliphatic heterocycles. The molecule has 4 heteroatoms. The molecule has 2 N–H and O–H groups in total. The van der Waals surface area contributed by atoms with Crippen LogP contribution in [0.3, 0.4) is 0 Å². The number of hydrogen-bond acceptors (Lipinski definition) is 3. The standard InChI is InChI=1S/C9H13O3P/c1-5-7(10)2-6(3-8(5)11)4-9(12)13/h4,7-8,10-11H,1-3,13H2/t7-,8-/m1/s1. The second-order valence-corrected chi connectivity index (χ2v) is 3.79. The van der Waals surface area contributed by atoms with Crippen LogP contribution in [0.2, 0.25) is 0 Å². The number of rotatable bonds is 1. The van der Waals surface area contributed by atoms with Gasteiger partial charge in [-0.15, -0.1) is 0 Å². The fourth-order valence-electron chi connectivity index (χ4n) is 1.38. The average Bonchev–Trinajstić information content (AvgIpc) is 1.98. The molecule has 0 saturated heterocycles. The molecule has 0 bridgehead atoms. The van der Waals surface area contributed by atoms with Gasteiger partial charge in [0.2, 0.25) is 0 Å². The van der Waals surface area contributed by atoms with Crippen LogP contribution in [0.5, 0.6) is 0 Å². The van der Waals surface area contributed by atoms with Gasteiger partial charge in [-0.1, -0.05) is 21.4 Å². The van der Waals surface area contributed by atoms with Crippen molar-refractivity contribution in [2.75, 3.05) is 0 Å². The smallest absolute Gasteiger partial charge is 0.170 e. The predicted octanol–water partition coefficient (Wildman–Crippen LogP) is 0.386. The highest BCUT2D eigenvalue weighted by Crippen LogP contribution is 2.27. The van der Waals surface area contributed by atoms with E-state index in [1.165, 1.54) is 6.08 Å². The van der Waals surface area contributed by atoms with Crippen LogP contribution in [0.15, 0.2) is 23.8 Å². The molecule has 0 amide bonds. The molecule has 0 radical (unpaired) electrons. The van der Waals surface area contributed by atoms with Crippen LogP contribution in [0, 0.1) is 0 Å². The zero-order valence-electron chi connectivity index (χ0n) is 7.23. The maximum atomic E-state index is 10.7. The molecule has 3 atom stereocenters. The quantitative estimate of drug-likeness (QED) is 0.365. The first-order valence-electron chi connectivity index (χ1n) is 4.04. The Balaban J connectivity index is 2.74. The lowest BCUT2D eigenvalue weighted by atomic mass is 9.86. The molecule has 3 nitrogen and oxygen atoms in total. The van der Waals surface area contributed by atoms with Crippen molar-refractivity contribution in [1.82, 2.24) is 0 Å². The molecule has 0 aromatic rings. The Hall–Kier alpha value is -0.500. The van der Waals surface area contributed by atoms with Crippen LogP contribution < -0.4 is 0 Å². The summed E-state index contributed by atoms with van der Waals surface area (Å²) >= 11 is 0. The third-order valence-electron chi connectivity index (χ3n) is 2.11. The van der Waals surface area contributed by atoms with Crippen molar-refractivity contribution >= 4 is 14.8 Å². The van der Waals surface area contributed by atoms with Gasteiger partial charge in [0.25, 0.3) is 0 Å². The van der Waals surface area contributed by atoms with Gasteiger partial charge < -0.3 is 10.2 Å². The molecule has 1 saturated carbocycles. The SMILES string of the molecule is C=C1[C@H](O)CC(=CC(=O)P)C[C@H]1O. The van der Waals surface area contributed by atoms with Gasteiger partial charge in [-0.2, -0.15) is 0 Å². The van der Waals surface area contributed by atoms with Crippen LogP contribution in [0.25, 0.3) is 0 Å². The Morgan fingerprint density at radius 1 is 1.46 bits per heavy atom. The van der Waals surface area contributed by atoms with E-state index in [0.717, 1.165) is 5.57 Å². The second-order valence-electron chi connectivity index (χ2n) is 3.22. The van der Waals surface area contributed by atoms with E-state index >= 15 is 0 Å². The normalized spacial score (nSPS) is 28.8. The van der Waals surface area contributed by atoms with Crippen LogP contribution in [0.4, 0.5) is 0 Å². The van der Waals surface area contributed by atoms with Gasteiger partial charge in [-0.3, -0.25) is 4.79 Å². The molecule has 0 aromatic carbocycles. The fraction of sp³-hybridized carbons (Fsp3) is 0.444. The van der Waals surface area contributed by atoms with Crippen molar-refractivity contribution in [3.8, 4) is 0 Å². The van der Waals surface area contributed by atoms with E-state index in [0.29, 0.717) is 18.4 Å². The first-order valence-corrected chi connectivity index (χ1v) is 4.62. The highest BCUT2D eigenvalue weighted by Gasteiger charge is 2.25. The highest BCUT2D eigenvalue weighted by molar-refractivity contribution is 7.41. The lowest BCUT2D eigenvalue weighted by molar-refractivity contribution is -0.107. The van der Waals surface area contributed by atoms with Crippen molar-refractivity contribution in [2.24, 2.45) is 0 Å². The van der Waals surface area contributed by atoms with Crippen LogP contribution in [-0.4, -0.2) is 27.9 Å². The van der Waals surface area contributed by atoms with E-state index in [-0.39, 0.29) is 5.52 Å². The van der Waals surface area contributed by atoms with Gasteiger partial charge >= 0.3 is 0 Å². The van der Waals surface area contributed by atoms with Crippen molar-refractivity contribution in [2.45, 2.75) is 25.0 Å². The Morgan fingerprint density at radius 2 is 1.92 bits per heavy atom. The molecule has 1 aliphatic carbocycles. The summed E-state index contributed by atoms with van der Waals surface area (Å²) in [7, 11) is 2.04. The molecule has 0 spiro atoms. The number of carbonyl (C=O) groups excluding carboxylic acids is 1. The van der Waals surface area contributed by atoms with Crippen molar-refractivity contribution in [3.05, 3.63) is 23.8 Å². The summed E-state index contributed by atoms with van der Waals surface area (Å²) in [5.41, 5.74) is 1.07. The summed E-state index contributed by atoms with van der Waals surface area (Å²) in [6, 6.07) is 0. The summed E-state index contributed by atoms with van der Waals surface area (Å²) in [4.78, 5) is 10.7. The van der Waals surface area contributed by atoms with E-state index in [9.17, 15) is 15.0 Å². The Morgan fingerprint density at radius 3 is 2.31 bits per heavy atom. The Labute approximate surface area is 79.4 Å². The first kappa shape index (κ1) is 10.6. The highest BCUT2D eigenvalue weighted by atomic mass is 31.0. The number of aliphatic hydroxyl groups is 2. The molecule has 0 heterocycles. The lowest BCUT2D eigenvalue weighted by Crippen LogP contribution is -2.28. The number of hydrogen-bond donors (Lipinski definition) is 2. The van der Waals surface area contributed by atoms with E-state index in [4.69, 9.17) is 0 Å². The van der Waals surface area contributed by atoms with E-state index < -0.39 is 12.2 Å². The number of aliphatic hydroxyl groups excluding tert-OH is 2. The largest absolute Gasteiger partial charge is 0.388 e. The summed E-state index contributed by atoms with van der Waals surface area (Å²) in [6.07, 6.45) is 0.786. The molecule has 13 heavy (non-hydrogen) atoms. The summed E-state index contributed by atoms with van der Waals surface area (Å²) in [5.74, 6) is 0. The lowest BCUT2D eigenvalue weighted by Gasteiger charge is -2.26. The topological polar surface area (TPSA) is 57.5 Å². The molecule has 1 aliphatic rings. The Bertz CT molecular complexity index is 254. The molecule has 0 aromatic heterocycles. The Kier molecular flexibility index (Phi) is 3.37. The minimum atomic E-state index is -0.723. The number of allylic oxidation sites excluding steroid dienone is 1. The van der Waals surface area contributed by atoms with Crippen molar-refractivity contribution in [3.63, 3.8) is 0 Å². The summed E-state index contributed by atoms with van der Waals surface area (Å²) < 4.78 is 0. The van der Waals surface area contributed by atoms with Gasteiger partial charge in [0.05, 0.1) is 12.2 Å². The minimum absolute atomic E-state index is 0.137. The van der Waals surface area contributed by atoms with Crippen LogP contribution in [0.1, 0.15) is 12.8 Å². The molecular weight excluding hydrogens is 187 g/mol. The van der Waals surface area contributed by atoms with Gasteiger partial charge in [0.1, 0.15) is 0 Å². The van der Waals surface area contributed by atoms with Gasteiger partial charge in [-0.05, 0) is 24.5 Å². The minimum Gasteiger partial charge on any atom is -0.388 e. The molecular formula is C9H13O3P. The van der Waals surface area contributed by atoms with Crippen LogP contribution in [-0.2, 0) is 4.79 Å². The van der Waals surface area contributed by atoms with Gasteiger partial charge in [0, 0.05) is 0 Å². The molecule has 1 fully saturated rings. The van der Waals surface area contributed by atoms with Gasteiger partial charge in [0.15, 0.2) is 5.52 Å². The average molecular weight is 200 g/mol. The zero-order chi connectivity index (χ0) is 10.0. The molecule has 1 unspecified atom stereocenters. The summed E-state index contributed by atoms with van der Waals surface area (Å²) in [6.45, 7) is 3.57. The van der Waals surface area contributed by atoms with E-state index in [2.05, 4.69) is 6.58 Å². The van der Waals surface area contributed by atoms with Crippen molar-refractivity contribution < 1.29 is 15.0 Å². The first-order chi connectivity index (χ1) is 6.00. The van der Waals surface area contributed by atoms with Gasteiger partial charge in [-0.25, -0.2) is 0 Å². The monoisotopic (exact) mass is 200 g/mol. The molecule has 72 valence electrons. The third kappa shape index (κ3) is 2.73. The maximum absolute atomic E-state index is 10.7. The predicted molar refractivity (Wildman–Crippen MR) is 53.2 cm³/mol. The summed E-state index contributed by atoms with van der Waals surface area (Å²) in [5, 5.41) is 18.8. The molecule has 1 rings (SSSR count). The number of carbonyl (C=O) groups is 1. The van der Waals surface area contributed by atoms with Crippen molar-refractivity contribution in [1.29, 1.82) is 0 Å². The van der Waals surface area contributed by atoms with E-state index in [1.807, 2.05) is 9.24 Å². The van der Waals surface area contributed by atoms with Crippen LogP contribution >= 0.6 is 9.24 Å². The zero-order valence-corrected chi connectivity index (χ0v) is 8.39. The third-order valence-corrected chi connectivity index (χ3v) is 2.28. The second kappa shape index (κ2) is 4.14. The van der Waals surface area contributed by atoms with E-state index in [1.54, 1.807) is 0 Å². The fourth-order valence-corrected chi connectivity index (χ4v) is 1.62.